The summed E-state index contributed by atoms with van der Waals surface area (Å²) < 4.78 is 0. The third kappa shape index (κ3) is 2.86. The number of pyridine rings is 1. The van der Waals surface area contributed by atoms with Crippen LogP contribution in [0.3, 0.4) is 0 Å². The number of oxime groups is 1. The van der Waals surface area contributed by atoms with Crippen LogP contribution in [0, 0.1) is 6.92 Å². The summed E-state index contributed by atoms with van der Waals surface area (Å²) in [5, 5.41) is 12.5. The molecule has 0 amide bonds. The van der Waals surface area contributed by atoms with E-state index in [2.05, 4.69) is 17.1 Å². The van der Waals surface area contributed by atoms with Gasteiger partial charge in [-0.3, -0.25) is 0 Å². The summed E-state index contributed by atoms with van der Waals surface area (Å²) in [5.74, 6) is 1.10. The number of thioether (sulfide) groups is 1. The molecule has 0 aliphatic carbocycles. The SMILES string of the molecule is CCCSc1nccc(C)c1/C(N)=N/O. The molecule has 3 N–H and O–H groups in total. The Labute approximate surface area is 93.6 Å². The fourth-order valence-corrected chi connectivity index (χ4v) is 2.15. The first-order chi connectivity index (χ1) is 7.20. The van der Waals surface area contributed by atoms with E-state index in [1.165, 1.54) is 0 Å². The van der Waals surface area contributed by atoms with Crippen LogP contribution in [-0.4, -0.2) is 21.8 Å². The number of nitrogens with two attached hydrogens (primary N) is 1. The zero-order chi connectivity index (χ0) is 11.3. The molecule has 0 aromatic carbocycles. The zero-order valence-electron chi connectivity index (χ0n) is 8.90. The van der Waals surface area contributed by atoms with E-state index in [-0.39, 0.29) is 5.84 Å². The predicted octanol–water partition coefficient (Wildman–Crippen LogP) is 1.99. The first-order valence-electron chi connectivity index (χ1n) is 4.77. The van der Waals surface area contributed by atoms with Gasteiger partial charge in [-0.05, 0) is 30.7 Å². The van der Waals surface area contributed by atoms with Crippen LogP contribution in [-0.2, 0) is 0 Å². The molecular formula is C10H15N3OS. The lowest BCUT2D eigenvalue weighted by Gasteiger charge is -2.08. The molecule has 0 radical (unpaired) electrons. The monoisotopic (exact) mass is 225 g/mol. The largest absolute Gasteiger partial charge is 0.409 e. The highest BCUT2D eigenvalue weighted by molar-refractivity contribution is 7.99. The van der Waals surface area contributed by atoms with Crippen molar-refractivity contribution in [3.05, 3.63) is 23.4 Å². The molecule has 0 spiro atoms. The van der Waals surface area contributed by atoms with Gasteiger partial charge in [-0.1, -0.05) is 12.1 Å². The second-order valence-electron chi connectivity index (χ2n) is 3.14. The molecule has 1 aromatic heterocycles. The van der Waals surface area contributed by atoms with Crippen LogP contribution in [0.25, 0.3) is 0 Å². The van der Waals surface area contributed by atoms with Crippen LogP contribution in [0.1, 0.15) is 24.5 Å². The Morgan fingerprint density at radius 2 is 2.40 bits per heavy atom. The molecule has 0 atom stereocenters. The van der Waals surface area contributed by atoms with E-state index in [9.17, 15) is 0 Å². The summed E-state index contributed by atoms with van der Waals surface area (Å²) in [6, 6.07) is 1.85. The number of amidine groups is 1. The van der Waals surface area contributed by atoms with Crippen molar-refractivity contribution in [3.63, 3.8) is 0 Å². The Hall–Kier alpha value is -1.23. The average molecular weight is 225 g/mol. The molecule has 4 nitrogen and oxygen atoms in total. The van der Waals surface area contributed by atoms with E-state index in [0.29, 0.717) is 0 Å². The molecule has 1 rings (SSSR count). The van der Waals surface area contributed by atoms with Crippen LogP contribution in [0.5, 0.6) is 0 Å². The molecule has 0 aliphatic rings. The Bertz CT molecular complexity index is 366. The Balaban J connectivity index is 3.09. The lowest BCUT2D eigenvalue weighted by Crippen LogP contribution is -2.16. The molecule has 0 bridgehead atoms. The fourth-order valence-electron chi connectivity index (χ4n) is 1.20. The van der Waals surface area contributed by atoms with Crippen LogP contribution in [0.4, 0.5) is 0 Å². The molecule has 0 saturated heterocycles. The average Bonchev–Trinajstić information content (AvgIpc) is 2.25. The minimum absolute atomic E-state index is 0.124. The van der Waals surface area contributed by atoms with Gasteiger partial charge in [0, 0.05) is 6.20 Å². The number of hydrogen-bond donors (Lipinski definition) is 2. The molecule has 0 unspecified atom stereocenters. The maximum atomic E-state index is 8.69. The molecule has 1 heterocycles. The van der Waals surface area contributed by atoms with Gasteiger partial charge >= 0.3 is 0 Å². The van der Waals surface area contributed by atoms with E-state index < -0.39 is 0 Å². The molecule has 82 valence electrons. The fraction of sp³-hybridized carbons (Fsp3) is 0.400. The number of aryl methyl sites for hydroxylation is 1. The van der Waals surface area contributed by atoms with E-state index in [1.54, 1.807) is 18.0 Å². The van der Waals surface area contributed by atoms with Gasteiger partial charge in [0.2, 0.25) is 0 Å². The maximum absolute atomic E-state index is 8.69. The van der Waals surface area contributed by atoms with Gasteiger partial charge in [0.05, 0.1) is 5.56 Å². The van der Waals surface area contributed by atoms with Gasteiger partial charge in [-0.25, -0.2) is 4.98 Å². The second kappa shape index (κ2) is 5.60. The summed E-state index contributed by atoms with van der Waals surface area (Å²) >= 11 is 1.62. The molecule has 0 aliphatic heterocycles. The highest BCUT2D eigenvalue weighted by Crippen LogP contribution is 2.23. The summed E-state index contributed by atoms with van der Waals surface area (Å²) in [5.41, 5.74) is 7.32. The van der Waals surface area contributed by atoms with E-state index in [4.69, 9.17) is 10.9 Å². The smallest absolute Gasteiger partial charge is 0.173 e. The van der Waals surface area contributed by atoms with Gasteiger partial charge in [0.25, 0.3) is 0 Å². The minimum atomic E-state index is 0.124. The van der Waals surface area contributed by atoms with Crippen LogP contribution in [0.2, 0.25) is 0 Å². The molecular weight excluding hydrogens is 210 g/mol. The summed E-state index contributed by atoms with van der Waals surface area (Å²) in [4.78, 5) is 4.24. The van der Waals surface area contributed by atoms with Crippen molar-refractivity contribution in [2.45, 2.75) is 25.3 Å². The van der Waals surface area contributed by atoms with Crippen molar-refractivity contribution < 1.29 is 5.21 Å². The van der Waals surface area contributed by atoms with Crippen LogP contribution < -0.4 is 5.73 Å². The topological polar surface area (TPSA) is 71.5 Å². The van der Waals surface area contributed by atoms with Crippen molar-refractivity contribution in [1.82, 2.24) is 4.98 Å². The highest BCUT2D eigenvalue weighted by atomic mass is 32.2. The minimum Gasteiger partial charge on any atom is -0.409 e. The first-order valence-corrected chi connectivity index (χ1v) is 5.75. The maximum Gasteiger partial charge on any atom is 0.173 e. The van der Waals surface area contributed by atoms with Gasteiger partial charge < -0.3 is 10.9 Å². The lowest BCUT2D eigenvalue weighted by atomic mass is 10.1. The number of rotatable bonds is 4. The van der Waals surface area contributed by atoms with Gasteiger partial charge in [-0.15, -0.1) is 11.8 Å². The van der Waals surface area contributed by atoms with Crippen LogP contribution >= 0.6 is 11.8 Å². The number of aromatic nitrogens is 1. The molecule has 0 saturated carbocycles. The summed E-state index contributed by atoms with van der Waals surface area (Å²) in [7, 11) is 0. The van der Waals surface area contributed by atoms with E-state index in [1.807, 2.05) is 13.0 Å². The number of hydrogen-bond acceptors (Lipinski definition) is 4. The lowest BCUT2D eigenvalue weighted by molar-refractivity contribution is 0.318. The predicted molar refractivity (Wildman–Crippen MR) is 62.5 cm³/mol. The van der Waals surface area contributed by atoms with Crippen molar-refractivity contribution in [1.29, 1.82) is 0 Å². The van der Waals surface area contributed by atoms with Gasteiger partial charge in [-0.2, -0.15) is 0 Å². The van der Waals surface area contributed by atoms with Crippen molar-refractivity contribution in [3.8, 4) is 0 Å². The Morgan fingerprint density at radius 3 is 3.00 bits per heavy atom. The quantitative estimate of drug-likeness (QED) is 0.270. The Kier molecular flexibility index (Phi) is 4.42. The molecule has 5 heteroatoms. The number of nitrogens with zero attached hydrogens (tertiary/aromatic N) is 2. The van der Waals surface area contributed by atoms with Gasteiger partial charge in [0.15, 0.2) is 5.84 Å². The zero-order valence-corrected chi connectivity index (χ0v) is 9.71. The Morgan fingerprint density at radius 1 is 1.67 bits per heavy atom. The van der Waals surface area contributed by atoms with Gasteiger partial charge in [0.1, 0.15) is 5.03 Å². The third-order valence-corrected chi connectivity index (χ3v) is 3.13. The third-order valence-electron chi connectivity index (χ3n) is 1.93. The highest BCUT2D eigenvalue weighted by Gasteiger charge is 2.11. The standard InChI is InChI=1S/C10H15N3OS/c1-3-6-15-10-8(9(11)13-14)7(2)4-5-12-10/h4-5,14H,3,6H2,1-2H3,(H2,11,13). The summed E-state index contributed by atoms with van der Waals surface area (Å²) in [6.45, 7) is 4.02. The molecule has 0 fully saturated rings. The van der Waals surface area contributed by atoms with Crippen molar-refractivity contribution >= 4 is 17.6 Å². The first kappa shape index (κ1) is 11.8. The molecule has 15 heavy (non-hydrogen) atoms. The van der Waals surface area contributed by atoms with Crippen molar-refractivity contribution in [2.75, 3.05) is 5.75 Å². The van der Waals surface area contributed by atoms with Crippen LogP contribution in [0.15, 0.2) is 22.4 Å². The normalized spacial score (nSPS) is 11.7. The van der Waals surface area contributed by atoms with E-state index in [0.717, 1.165) is 28.3 Å². The summed E-state index contributed by atoms with van der Waals surface area (Å²) in [6.07, 6.45) is 2.80. The van der Waals surface area contributed by atoms with E-state index >= 15 is 0 Å². The second-order valence-corrected chi connectivity index (χ2v) is 4.23. The van der Waals surface area contributed by atoms with Crippen molar-refractivity contribution in [2.24, 2.45) is 10.9 Å². The molecule has 1 aromatic rings.